The number of ketones is 1. The van der Waals surface area contributed by atoms with Gasteiger partial charge in [-0.3, -0.25) is 14.4 Å². The summed E-state index contributed by atoms with van der Waals surface area (Å²) in [5.74, 6) is -1.83. The Balaban J connectivity index is 2.21. The molecule has 6 nitrogen and oxygen atoms in total. The molecule has 1 heterocycles. The van der Waals surface area contributed by atoms with Gasteiger partial charge in [0.2, 0.25) is 5.91 Å². The zero-order valence-electron chi connectivity index (χ0n) is 9.44. The van der Waals surface area contributed by atoms with Crippen LogP contribution in [-0.2, 0) is 14.4 Å². The summed E-state index contributed by atoms with van der Waals surface area (Å²) in [6, 6.07) is 6.39. The fourth-order valence-electron chi connectivity index (χ4n) is 1.56. The van der Waals surface area contributed by atoms with Gasteiger partial charge in [0, 0.05) is 11.9 Å². The van der Waals surface area contributed by atoms with Crippen molar-refractivity contribution in [2.45, 2.75) is 13.1 Å². The van der Waals surface area contributed by atoms with Crippen molar-refractivity contribution >= 4 is 34.9 Å². The van der Waals surface area contributed by atoms with Gasteiger partial charge < -0.3 is 5.32 Å². The predicted molar refractivity (Wildman–Crippen MR) is 64.7 cm³/mol. The Morgan fingerprint density at radius 3 is 2.50 bits per heavy atom. The van der Waals surface area contributed by atoms with Crippen molar-refractivity contribution in [1.82, 2.24) is 10.7 Å². The highest BCUT2D eigenvalue weighted by atomic mass is 35.5. The Bertz CT molecular complexity index is 515. The van der Waals surface area contributed by atoms with E-state index < -0.39 is 23.8 Å². The zero-order chi connectivity index (χ0) is 13.3. The Morgan fingerprint density at radius 1 is 1.33 bits per heavy atom. The summed E-state index contributed by atoms with van der Waals surface area (Å²) in [6.07, 6.45) is -1.02. The van der Waals surface area contributed by atoms with E-state index in [4.69, 9.17) is 11.6 Å². The van der Waals surface area contributed by atoms with Crippen molar-refractivity contribution < 1.29 is 14.4 Å². The number of Topliss-reactive ketones (excluding diaryl/α,β-unsaturated/α-hetero) is 1. The largest absolute Gasteiger partial charge is 0.333 e. The SMILES string of the molecule is CC(=O)NC1NN(c2ccc(Cl)cc2)C(=O)C1=O. The summed E-state index contributed by atoms with van der Waals surface area (Å²) < 4.78 is 0. The zero-order valence-corrected chi connectivity index (χ0v) is 10.2. The minimum atomic E-state index is -1.02. The first-order valence-corrected chi connectivity index (χ1v) is 5.54. The van der Waals surface area contributed by atoms with Gasteiger partial charge in [0.05, 0.1) is 5.69 Å². The Hall–Kier alpha value is -1.92. The number of halogens is 1. The number of nitrogens with one attached hydrogen (secondary N) is 2. The molecule has 2 amide bonds. The molecule has 0 spiro atoms. The molecule has 0 saturated carbocycles. The number of hydrazine groups is 1. The number of rotatable bonds is 2. The minimum Gasteiger partial charge on any atom is -0.333 e. The highest BCUT2D eigenvalue weighted by Crippen LogP contribution is 2.19. The molecule has 0 aliphatic carbocycles. The first kappa shape index (κ1) is 12.5. The van der Waals surface area contributed by atoms with Crippen LogP contribution < -0.4 is 15.8 Å². The summed E-state index contributed by atoms with van der Waals surface area (Å²) in [5, 5.41) is 3.95. The summed E-state index contributed by atoms with van der Waals surface area (Å²) in [4.78, 5) is 34.2. The molecule has 0 radical (unpaired) electrons. The third-order valence-electron chi connectivity index (χ3n) is 2.37. The molecule has 1 atom stereocenters. The average Bonchev–Trinajstić information content (AvgIpc) is 2.58. The number of nitrogens with zero attached hydrogens (tertiary/aromatic N) is 1. The molecule has 1 aromatic rings. The van der Waals surface area contributed by atoms with Gasteiger partial charge >= 0.3 is 5.91 Å². The molecule has 7 heteroatoms. The van der Waals surface area contributed by atoms with Crippen LogP contribution in [0.4, 0.5) is 5.69 Å². The molecule has 1 aliphatic rings. The number of carbonyl (C=O) groups is 3. The van der Waals surface area contributed by atoms with E-state index in [2.05, 4.69) is 10.7 Å². The second-order valence-corrected chi connectivity index (χ2v) is 4.18. The highest BCUT2D eigenvalue weighted by molar-refractivity contribution is 6.45. The first-order valence-electron chi connectivity index (χ1n) is 5.16. The fraction of sp³-hybridized carbons (Fsp3) is 0.182. The van der Waals surface area contributed by atoms with E-state index >= 15 is 0 Å². The molecule has 1 aliphatic heterocycles. The number of hydrogen-bond donors (Lipinski definition) is 2. The van der Waals surface area contributed by atoms with E-state index in [-0.39, 0.29) is 0 Å². The van der Waals surface area contributed by atoms with Crippen molar-refractivity contribution in [3.63, 3.8) is 0 Å². The molecule has 2 N–H and O–H groups in total. The molecule has 94 valence electrons. The van der Waals surface area contributed by atoms with Crippen LogP contribution in [0.2, 0.25) is 5.02 Å². The van der Waals surface area contributed by atoms with Gasteiger partial charge in [-0.2, -0.15) is 5.43 Å². The Labute approximate surface area is 108 Å². The smallest absolute Gasteiger partial charge is 0.312 e. The number of anilines is 1. The van der Waals surface area contributed by atoms with Crippen LogP contribution in [0.15, 0.2) is 24.3 Å². The Kier molecular flexibility index (Phi) is 3.31. The number of benzene rings is 1. The molecule has 18 heavy (non-hydrogen) atoms. The van der Waals surface area contributed by atoms with Gasteiger partial charge in [-0.1, -0.05) is 11.6 Å². The summed E-state index contributed by atoms with van der Waals surface area (Å²) in [6.45, 7) is 1.27. The molecule has 1 saturated heterocycles. The van der Waals surface area contributed by atoms with Crippen molar-refractivity contribution in [1.29, 1.82) is 0 Å². The van der Waals surface area contributed by atoms with Gasteiger partial charge in [-0.25, -0.2) is 5.01 Å². The van der Waals surface area contributed by atoms with Crippen LogP contribution in [0.25, 0.3) is 0 Å². The van der Waals surface area contributed by atoms with Crippen LogP contribution >= 0.6 is 11.6 Å². The van der Waals surface area contributed by atoms with Gasteiger partial charge in [0.15, 0.2) is 6.17 Å². The van der Waals surface area contributed by atoms with Crippen LogP contribution in [0.3, 0.4) is 0 Å². The maximum atomic E-state index is 11.7. The molecule has 1 aromatic carbocycles. The standard InChI is InChI=1S/C11H10ClN3O3/c1-6(16)13-10-9(17)11(18)15(14-10)8-4-2-7(12)3-5-8/h2-5,10,14H,1H3,(H,13,16). The quantitative estimate of drug-likeness (QED) is 0.752. The van der Waals surface area contributed by atoms with Crippen LogP contribution in [-0.4, -0.2) is 23.8 Å². The van der Waals surface area contributed by atoms with Gasteiger partial charge in [0.25, 0.3) is 5.78 Å². The van der Waals surface area contributed by atoms with E-state index in [0.717, 1.165) is 5.01 Å². The van der Waals surface area contributed by atoms with E-state index in [1.807, 2.05) is 0 Å². The van der Waals surface area contributed by atoms with Crippen molar-refractivity contribution in [3.8, 4) is 0 Å². The highest BCUT2D eigenvalue weighted by Gasteiger charge is 2.39. The number of hydrogen-bond acceptors (Lipinski definition) is 4. The van der Waals surface area contributed by atoms with Gasteiger partial charge in [0.1, 0.15) is 0 Å². The third kappa shape index (κ3) is 2.34. The summed E-state index contributed by atoms with van der Waals surface area (Å²) in [7, 11) is 0. The lowest BCUT2D eigenvalue weighted by atomic mass is 10.3. The molecule has 1 unspecified atom stereocenters. The second kappa shape index (κ2) is 4.75. The van der Waals surface area contributed by atoms with E-state index in [9.17, 15) is 14.4 Å². The maximum Gasteiger partial charge on any atom is 0.312 e. The normalized spacial score (nSPS) is 19.2. The van der Waals surface area contributed by atoms with Crippen LogP contribution in [0.1, 0.15) is 6.92 Å². The number of amides is 2. The monoisotopic (exact) mass is 267 g/mol. The molecule has 2 rings (SSSR count). The van der Waals surface area contributed by atoms with E-state index in [0.29, 0.717) is 10.7 Å². The lowest BCUT2D eigenvalue weighted by molar-refractivity contribution is -0.135. The summed E-state index contributed by atoms with van der Waals surface area (Å²) >= 11 is 5.73. The predicted octanol–water partition coefficient (Wildman–Crippen LogP) is 0.222. The van der Waals surface area contributed by atoms with E-state index in [1.54, 1.807) is 24.3 Å². The topological polar surface area (TPSA) is 78.5 Å². The fourth-order valence-corrected chi connectivity index (χ4v) is 1.69. The molecule has 0 bridgehead atoms. The Morgan fingerprint density at radius 2 is 1.94 bits per heavy atom. The van der Waals surface area contributed by atoms with Crippen LogP contribution in [0.5, 0.6) is 0 Å². The maximum absolute atomic E-state index is 11.7. The average molecular weight is 268 g/mol. The lowest BCUT2D eigenvalue weighted by Crippen LogP contribution is -2.47. The van der Waals surface area contributed by atoms with Gasteiger partial charge in [-0.15, -0.1) is 0 Å². The third-order valence-corrected chi connectivity index (χ3v) is 2.62. The second-order valence-electron chi connectivity index (χ2n) is 3.74. The van der Waals surface area contributed by atoms with Crippen molar-refractivity contribution in [2.75, 3.05) is 5.01 Å². The molecule has 0 aromatic heterocycles. The van der Waals surface area contributed by atoms with Crippen LogP contribution in [0, 0.1) is 0 Å². The number of carbonyl (C=O) groups excluding carboxylic acids is 3. The minimum absolute atomic E-state index is 0.397. The summed E-state index contributed by atoms with van der Waals surface area (Å²) in [5.41, 5.74) is 3.09. The van der Waals surface area contributed by atoms with Crippen molar-refractivity contribution in [2.24, 2.45) is 0 Å². The molecular weight excluding hydrogens is 258 g/mol. The molecular formula is C11H10ClN3O3. The van der Waals surface area contributed by atoms with E-state index in [1.165, 1.54) is 6.92 Å². The van der Waals surface area contributed by atoms with Gasteiger partial charge in [-0.05, 0) is 24.3 Å². The lowest BCUT2D eigenvalue weighted by Gasteiger charge is -2.16. The molecule has 1 fully saturated rings. The van der Waals surface area contributed by atoms with Crippen molar-refractivity contribution in [3.05, 3.63) is 29.3 Å². The first-order chi connectivity index (χ1) is 8.49.